The first kappa shape index (κ1) is 27.2. The number of hydrogen-bond acceptors (Lipinski definition) is 9. The van der Waals surface area contributed by atoms with Crippen molar-refractivity contribution < 1.29 is 36.3 Å². The Morgan fingerprint density at radius 2 is 1.85 bits per heavy atom. The molecule has 41 heavy (non-hydrogen) atoms. The lowest BCUT2D eigenvalue weighted by Gasteiger charge is -2.27. The van der Waals surface area contributed by atoms with Gasteiger partial charge in [0, 0.05) is 19.0 Å². The van der Waals surface area contributed by atoms with Crippen molar-refractivity contribution in [2.75, 3.05) is 32.9 Å². The third kappa shape index (κ3) is 5.50. The minimum atomic E-state index is -3.80. The molecule has 214 valence electrons. The molecule has 4 heterocycles. The summed E-state index contributed by atoms with van der Waals surface area (Å²) in [5, 5.41) is 6.04. The summed E-state index contributed by atoms with van der Waals surface area (Å²) in [5.41, 5.74) is 1.80. The molecule has 12 heteroatoms. The molecule has 3 aromatic rings. The van der Waals surface area contributed by atoms with Crippen LogP contribution in [0.2, 0.25) is 0 Å². The van der Waals surface area contributed by atoms with E-state index in [1.807, 2.05) is 18.2 Å². The molecule has 2 fully saturated rings. The second-order valence-electron chi connectivity index (χ2n) is 9.99. The summed E-state index contributed by atoms with van der Waals surface area (Å²) in [7, 11) is -3.80. The molecule has 1 saturated carbocycles. The number of nitrogens with zero attached hydrogens (tertiary/aromatic N) is 3. The summed E-state index contributed by atoms with van der Waals surface area (Å²) < 4.78 is 49.2. The van der Waals surface area contributed by atoms with Crippen LogP contribution in [0.3, 0.4) is 0 Å². The van der Waals surface area contributed by atoms with Crippen molar-refractivity contribution >= 4 is 33.7 Å². The van der Waals surface area contributed by atoms with Crippen LogP contribution in [0, 0.1) is 5.92 Å². The number of sulfonamides is 1. The summed E-state index contributed by atoms with van der Waals surface area (Å²) in [6.07, 6.45) is 7.61. The number of furan rings is 2. The van der Waals surface area contributed by atoms with Crippen molar-refractivity contribution in [2.45, 2.75) is 30.2 Å². The molecule has 1 aromatic carbocycles. The topological polar surface area (TPSA) is 132 Å². The maximum absolute atomic E-state index is 13.4. The lowest BCUT2D eigenvalue weighted by Crippen LogP contribution is -2.40. The van der Waals surface area contributed by atoms with Crippen molar-refractivity contribution in [1.29, 1.82) is 0 Å². The number of morpholine rings is 1. The van der Waals surface area contributed by atoms with Crippen LogP contribution < -0.4 is 0 Å². The third-order valence-electron chi connectivity index (χ3n) is 7.46. The van der Waals surface area contributed by atoms with Crippen molar-refractivity contribution in [3.8, 4) is 0 Å². The highest BCUT2D eigenvalue weighted by molar-refractivity contribution is 7.89. The fraction of sp³-hybridized carbons (Fsp3) is 0.345. The van der Waals surface area contributed by atoms with Gasteiger partial charge in [0.1, 0.15) is 17.6 Å². The number of fused-ring (bicyclic) bond motifs is 1. The van der Waals surface area contributed by atoms with Gasteiger partial charge in [-0.15, -0.1) is 0 Å². The fourth-order valence-electron chi connectivity index (χ4n) is 5.49. The quantitative estimate of drug-likeness (QED) is 0.386. The number of benzene rings is 1. The van der Waals surface area contributed by atoms with E-state index < -0.39 is 34.5 Å². The van der Waals surface area contributed by atoms with Gasteiger partial charge in [-0.1, -0.05) is 6.07 Å². The normalized spacial score (nSPS) is 22.4. The molecular weight excluding hydrogens is 550 g/mol. The molecule has 2 aromatic heterocycles. The van der Waals surface area contributed by atoms with Crippen LogP contribution in [0.25, 0.3) is 6.08 Å². The van der Waals surface area contributed by atoms with Gasteiger partial charge in [0.2, 0.25) is 10.0 Å². The van der Waals surface area contributed by atoms with Gasteiger partial charge in [-0.05, 0) is 73.4 Å². The predicted molar refractivity (Wildman–Crippen MR) is 146 cm³/mol. The average molecular weight is 580 g/mol. The van der Waals surface area contributed by atoms with E-state index >= 15 is 0 Å². The van der Waals surface area contributed by atoms with Gasteiger partial charge in [0.05, 0.1) is 41.9 Å². The molecule has 2 atom stereocenters. The number of carbonyl (C=O) groups is 2. The van der Waals surface area contributed by atoms with E-state index in [4.69, 9.17) is 23.4 Å². The zero-order valence-corrected chi connectivity index (χ0v) is 23.0. The number of ether oxygens (including phenoxy) is 2. The van der Waals surface area contributed by atoms with Crippen molar-refractivity contribution in [3.05, 3.63) is 83.7 Å². The predicted octanol–water partition coefficient (Wildman–Crippen LogP) is 3.87. The van der Waals surface area contributed by atoms with Crippen LogP contribution in [-0.4, -0.2) is 68.2 Å². The van der Waals surface area contributed by atoms with E-state index in [-0.39, 0.29) is 29.5 Å². The maximum Gasteiger partial charge on any atom is 0.338 e. The monoisotopic (exact) mass is 579 g/mol. The highest BCUT2D eigenvalue weighted by atomic mass is 32.2. The molecule has 1 saturated heterocycles. The number of hydrogen-bond donors (Lipinski definition) is 0. The van der Waals surface area contributed by atoms with Gasteiger partial charge in [-0.25, -0.2) is 18.2 Å². The van der Waals surface area contributed by atoms with E-state index in [0.717, 1.165) is 30.5 Å². The summed E-state index contributed by atoms with van der Waals surface area (Å²) >= 11 is 0. The number of rotatable bonds is 7. The number of esters is 1. The number of carbonyl (C=O) groups excluding carboxylic acids is 2. The maximum atomic E-state index is 13.4. The lowest BCUT2D eigenvalue weighted by molar-refractivity contribution is -0.137. The Kier molecular flexibility index (Phi) is 7.61. The second-order valence-corrected chi connectivity index (χ2v) is 11.9. The Bertz CT molecular complexity index is 1570. The van der Waals surface area contributed by atoms with Gasteiger partial charge in [0.25, 0.3) is 5.91 Å². The number of amides is 1. The van der Waals surface area contributed by atoms with Crippen LogP contribution in [0.5, 0.6) is 0 Å². The van der Waals surface area contributed by atoms with Gasteiger partial charge in [0.15, 0.2) is 6.61 Å². The summed E-state index contributed by atoms with van der Waals surface area (Å²) in [6.45, 7) is 0.519. The molecule has 2 aliphatic heterocycles. The zero-order valence-electron chi connectivity index (χ0n) is 22.2. The second kappa shape index (κ2) is 11.5. The third-order valence-corrected chi connectivity index (χ3v) is 9.35. The van der Waals surface area contributed by atoms with Crippen LogP contribution in [-0.2, 0) is 24.3 Å². The van der Waals surface area contributed by atoms with E-state index in [9.17, 15) is 18.0 Å². The van der Waals surface area contributed by atoms with Gasteiger partial charge in [-0.2, -0.15) is 9.41 Å². The Labute approximate surface area is 237 Å². The molecule has 0 bridgehead atoms. The smallest absolute Gasteiger partial charge is 0.338 e. The first-order valence-electron chi connectivity index (χ1n) is 13.5. The minimum absolute atomic E-state index is 0.0241. The Balaban J connectivity index is 1.20. The first-order chi connectivity index (χ1) is 19.9. The zero-order chi connectivity index (χ0) is 28.4. The van der Waals surface area contributed by atoms with Crippen LogP contribution >= 0.6 is 0 Å². The highest BCUT2D eigenvalue weighted by Crippen LogP contribution is 2.44. The van der Waals surface area contributed by atoms with E-state index in [1.165, 1.54) is 33.6 Å². The minimum Gasteiger partial charge on any atom is -0.467 e. The molecular formula is C29H29N3O8S. The average Bonchev–Trinajstić information content (AvgIpc) is 3.78. The van der Waals surface area contributed by atoms with Crippen molar-refractivity contribution in [2.24, 2.45) is 11.0 Å². The van der Waals surface area contributed by atoms with E-state index in [2.05, 4.69) is 0 Å². The highest BCUT2D eigenvalue weighted by Gasteiger charge is 2.45. The van der Waals surface area contributed by atoms with Gasteiger partial charge >= 0.3 is 5.97 Å². The van der Waals surface area contributed by atoms with Gasteiger partial charge in [-0.3, -0.25) is 4.79 Å². The molecule has 1 amide bonds. The van der Waals surface area contributed by atoms with E-state index in [1.54, 1.807) is 24.7 Å². The number of hydrazone groups is 1. The summed E-state index contributed by atoms with van der Waals surface area (Å²) in [5.74, 6) is -0.119. The number of allylic oxidation sites excluding steroid dienone is 1. The van der Waals surface area contributed by atoms with Crippen LogP contribution in [0.4, 0.5) is 0 Å². The molecule has 0 N–H and O–H groups in total. The van der Waals surface area contributed by atoms with Crippen LogP contribution in [0.1, 0.15) is 47.2 Å². The Morgan fingerprint density at radius 1 is 1.05 bits per heavy atom. The standard InChI is InChI=1S/C29H29N3O8S/c33-26(19-40-29(34)21-6-1-8-23(18-21)41(35,36)31-11-15-37-16-12-31)32-28(25-10-4-14-39-25)24-9-2-5-20(27(24)30-32)17-22-7-3-13-38-22/h1,3-4,6-8,10,13-14,17-18,24,28H,2,5,9,11-12,15-16,19H2/b20-17+. The van der Waals surface area contributed by atoms with Crippen molar-refractivity contribution in [3.63, 3.8) is 0 Å². The SMILES string of the molecule is O=C(OCC(=O)N1N=C2/C(=C/c3ccco3)CCCC2C1c1ccco1)c1cccc(S(=O)(=O)N2CCOCC2)c1. The van der Waals surface area contributed by atoms with Gasteiger partial charge < -0.3 is 18.3 Å². The Hall–Kier alpha value is -4.00. The molecule has 11 nitrogen and oxygen atoms in total. The summed E-state index contributed by atoms with van der Waals surface area (Å²) in [4.78, 5) is 26.3. The molecule has 6 rings (SSSR count). The van der Waals surface area contributed by atoms with Crippen LogP contribution in [0.15, 0.2) is 85.5 Å². The van der Waals surface area contributed by atoms with Crippen molar-refractivity contribution in [1.82, 2.24) is 9.31 Å². The molecule has 0 spiro atoms. The lowest BCUT2D eigenvalue weighted by atomic mass is 9.79. The largest absolute Gasteiger partial charge is 0.467 e. The fourth-order valence-corrected chi connectivity index (χ4v) is 6.94. The molecule has 1 aliphatic carbocycles. The molecule has 3 aliphatic rings. The first-order valence-corrected chi connectivity index (χ1v) is 14.9. The van der Waals surface area contributed by atoms with E-state index in [0.29, 0.717) is 24.7 Å². The Morgan fingerprint density at radius 3 is 2.61 bits per heavy atom. The molecule has 2 unspecified atom stereocenters. The molecule has 0 radical (unpaired) electrons. The summed E-state index contributed by atoms with van der Waals surface area (Å²) in [6, 6.07) is 12.4.